The third-order valence-electron chi connectivity index (χ3n) is 4.83. The maximum atomic E-state index is 13.0. The maximum Gasteiger partial charge on any atom is 0.335 e. The lowest BCUT2D eigenvalue weighted by atomic mass is 10.1. The number of carbonyl (C=O) groups excluding carboxylic acids is 3. The maximum absolute atomic E-state index is 13.0. The number of amides is 4. The number of aryl methyl sites for hydroxylation is 1. The molecule has 1 saturated heterocycles. The number of benzene rings is 2. The summed E-state index contributed by atoms with van der Waals surface area (Å²) in [6.45, 7) is 7.81. The molecule has 0 saturated carbocycles. The molecule has 2 aromatic rings. The van der Waals surface area contributed by atoms with Gasteiger partial charge in [-0.1, -0.05) is 28.1 Å². The fourth-order valence-electron chi connectivity index (χ4n) is 3.20. The van der Waals surface area contributed by atoms with Gasteiger partial charge < -0.3 is 4.90 Å². The SMILES string of the molecule is CCN(CC)c1ccc(C=C2C(=O)NC(=O)N(c3ccc(Br)c(C)c3)C2=O)cc1. The average Bonchev–Trinajstić information content (AvgIpc) is 2.70. The Morgan fingerprint density at radius 3 is 2.28 bits per heavy atom. The van der Waals surface area contributed by atoms with Crippen LogP contribution in [0.4, 0.5) is 16.2 Å². The van der Waals surface area contributed by atoms with Crippen LogP contribution in [0.15, 0.2) is 52.5 Å². The third-order valence-corrected chi connectivity index (χ3v) is 5.72. The zero-order valence-electron chi connectivity index (χ0n) is 16.5. The van der Waals surface area contributed by atoms with E-state index in [9.17, 15) is 14.4 Å². The van der Waals surface area contributed by atoms with Gasteiger partial charge in [0.1, 0.15) is 5.57 Å². The second-order valence-corrected chi connectivity index (χ2v) is 7.51. The molecule has 0 radical (unpaired) electrons. The zero-order valence-corrected chi connectivity index (χ0v) is 18.1. The molecule has 0 bridgehead atoms. The van der Waals surface area contributed by atoms with Crippen LogP contribution in [0.5, 0.6) is 0 Å². The molecule has 1 fully saturated rings. The van der Waals surface area contributed by atoms with Crippen LogP contribution in [-0.4, -0.2) is 30.9 Å². The second kappa shape index (κ2) is 8.61. The van der Waals surface area contributed by atoms with Crippen molar-refractivity contribution in [3.8, 4) is 0 Å². The molecule has 0 aliphatic carbocycles. The number of barbiturate groups is 1. The second-order valence-electron chi connectivity index (χ2n) is 6.66. The largest absolute Gasteiger partial charge is 0.372 e. The molecule has 0 aromatic heterocycles. The van der Waals surface area contributed by atoms with Crippen molar-refractivity contribution in [3.05, 3.63) is 63.6 Å². The molecule has 7 heteroatoms. The van der Waals surface area contributed by atoms with Gasteiger partial charge in [0.15, 0.2) is 0 Å². The van der Waals surface area contributed by atoms with Gasteiger partial charge in [0.2, 0.25) is 0 Å². The minimum atomic E-state index is -0.754. The molecule has 0 unspecified atom stereocenters. The van der Waals surface area contributed by atoms with Crippen LogP contribution < -0.4 is 15.1 Å². The van der Waals surface area contributed by atoms with E-state index in [1.807, 2.05) is 31.2 Å². The van der Waals surface area contributed by atoms with Crippen molar-refractivity contribution in [1.29, 1.82) is 0 Å². The van der Waals surface area contributed by atoms with E-state index in [2.05, 4.69) is 40.0 Å². The van der Waals surface area contributed by atoms with Crippen LogP contribution in [0.25, 0.3) is 6.08 Å². The summed E-state index contributed by atoms with van der Waals surface area (Å²) in [5.74, 6) is -1.34. The lowest BCUT2D eigenvalue weighted by Gasteiger charge is -2.26. The Kier molecular flexibility index (Phi) is 6.17. The van der Waals surface area contributed by atoms with Crippen molar-refractivity contribution >= 4 is 51.2 Å². The van der Waals surface area contributed by atoms with Crippen molar-refractivity contribution in [3.63, 3.8) is 0 Å². The molecule has 1 heterocycles. The van der Waals surface area contributed by atoms with Crippen LogP contribution in [0.1, 0.15) is 25.0 Å². The van der Waals surface area contributed by atoms with Crippen LogP contribution in [0, 0.1) is 6.92 Å². The van der Waals surface area contributed by atoms with E-state index in [1.165, 1.54) is 6.08 Å². The molecule has 150 valence electrons. The number of imide groups is 2. The van der Waals surface area contributed by atoms with E-state index in [1.54, 1.807) is 18.2 Å². The number of urea groups is 1. The summed E-state index contributed by atoms with van der Waals surface area (Å²) in [5.41, 5.74) is 2.97. The van der Waals surface area contributed by atoms with Gasteiger partial charge in [-0.3, -0.25) is 14.9 Å². The predicted octanol–water partition coefficient (Wildman–Crippen LogP) is 4.27. The summed E-state index contributed by atoms with van der Waals surface area (Å²) < 4.78 is 0.867. The molecule has 1 aliphatic heterocycles. The smallest absolute Gasteiger partial charge is 0.335 e. The number of rotatable bonds is 5. The van der Waals surface area contributed by atoms with Crippen molar-refractivity contribution in [2.75, 3.05) is 22.9 Å². The summed E-state index contributed by atoms with van der Waals surface area (Å²) in [6.07, 6.45) is 1.51. The number of nitrogens with one attached hydrogen (secondary N) is 1. The Labute approximate surface area is 178 Å². The first-order valence-electron chi connectivity index (χ1n) is 9.38. The zero-order chi connectivity index (χ0) is 21.1. The predicted molar refractivity (Wildman–Crippen MR) is 118 cm³/mol. The van der Waals surface area contributed by atoms with Crippen LogP contribution in [0.3, 0.4) is 0 Å². The van der Waals surface area contributed by atoms with Gasteiger partial charge in [-0.25, -0.2) is 9.69 Å². The van der Waals surface area contributed by atoms with E-state index in [0.29, 0.717) is 11.3 Å². The molecule has 1 N–H and O–H groups in total. The Balaban J connectivity index is 1.93. The highest BCUT2D eigenvalue weighted by Gasteiger charge is 2.36. The molecule has 4 amide bonds. The summed E-state index contributed by atoms with van der Waals surface area (Å²) >= 11 is 3.40. The Morgan fingerprint density at radius 1 is 1.03 bits per heavy atom. The summed E-state index contributed by atoms with van der Waals surface area (Å²) in [5, 5.41) is 2.25. The molecule has 2 aromatic carbocycles. The standard InChI is InChI=1S/C22H22BrN3O3/c1-4-25(5-2)16-8-6-15(7-9-16)13-18-20(27)24-22(29)26(21(18)28)17-10-11-19(23)14(3)12-17/h6-13H,4-5H2,1-3H3,(H,24,27,29). The first-order chi connectivity index (χ1) is 13.8. The fraction of sp³-hybridized carbons (Fsp3) is 0.227. The van der Waals surface area contributed by atoms with Crippen molar-refractivity contribution in [1.82, 2.24) is 5.32 Å². The highest BCUT2D eigenvalue weighted by molar-refractivity contribution is 9.10. The van der Waals surface area contributed by atoms with Gasteiger partial charge in [-0.05, 0) is 68.3 Å². The first kappa shape index (κ1) is 20.8. The monoisotopic (exact) mass is 455 g/mol. The highest BCUT2D eigenvalue weighted by atomic mass is 79.9. The van der Waals surface area contributed by atoms with Crippen LogP contribution >= 0.6 is 15.9 Å². The molecule has 0 atom stereocenters. The summed E-state index contributed by atoms with van der Waals surface area (Å²) in [7, 11) is 0. The number of halogens is 1. The highest BCUT2D eigenvalue weighted by Crippen LogP contribution is 2.26. The van der Waals surface area contributed by atoms with Crippen molar-refractivity contribution in [2.24, 2.45) is 0 Å². The van der Waals surface area contributed by atoms with Gasteiger partial charge in [0.25, 0.3) is 11.8 Å². The average molecular weight is 456 g/mol. The molecule has 1 aliphatic rings. The lowest BCUT2D eigenvalue weighted by Crippen LogP contribution is -2.54. The minimum absolute atomic E-state index is 0.0826. The van der Waals surface area contributed by atoms with Gasteiger partial charge in [0, 0.05) is 23.2 Å². The summed E-state index contributed by atoms with van der Waals surface area (Å²) in [6, 6.07) is 12.0. The van der Waals surface area contributed by atoms with E-state index in [0.717, 1.165) is 33.7 Å². The summed E-state index contributed by atoms with van der Waals surface area (Å²) in [4.78, 5) is 40.8. The van der Waals surface area contributed by atoms with Gasteiger partial charge >= 0.3 is 6.03 Å². The van der Waals surface area contributed by atoms with Crippen LogP contribution in [0.2, 0.25) is 0 Å². The van der Waals surface area contributed by atoms with E-state index in [4.69, 9.17) is 0 Å². The van der Waals surface area contributed by atoms with E-state index in [-0.39, 0.29) is 5.57 Å². The van der Waals surface area contributed by atoms with Gasteiger partial charge in [-0.15, -0.1) is 0 Å². The van der Waals surface area contributed by atoms with E-state index < -0.39 is 17.8 Å². The van der Waals surface area contributed by atoms with Crippen molar-refractivity contribution in [2.45, 2.75) is 20.8 Å². The Bertz CT molecular complexity index is 995. The molecular weight excluding hydrogens is 434 g/mol. The molecular formula is C22H22BrN3O3. The molecule has 6 nitrogen and oxygen atoms in total. The fourth-order valence-corrected chi connectivity index (χ4v) is 3.44. The number of nitrogens with zero attached hydrogens (tertiary/aromatic N) is 2. The number of hydrogen-bond donors (Lipinski definition) is 1. The van der Waals surface area contributed by atoms with Gasteiger partial charge in [0.05, 0.1) is 5.69 Å². The van der Waals surface area contributed by atoms with Crippen LogP contribution in [-0.2, 0) is 9.59 Å². The molecule has 0 spiro atoms. The quantitative estimate of drug-likeness (QED) is 0.539. The van der Waals surface area contributed by atoms with E-state index >= 15 is 0 Å². The van der Waals surface area contributed by atoms with Gasteiger partial charge in [-0.2, -0.15) is 0 Å². The number of carbonyl (C=O) groups is 3. The lowest BCUT2D eigenvalue weighted by molar-refractivity contribution is -0.122. The normalized spacial score (nSPS) is 15.7. The Morgan fingerprint density at radius 2 is 1.69 bits per heavy atom. The first-order valence-corrected chi connectivity index (χ1v) is 10.2. The number of hydrogen-bond acceptors (Lipinski definition) is 4. The molecule has 29 heavy (non-hydrogen) atoms. The third kappa shape index (κ3) is 4.24. The topological polar surface area (TPSA) is 69.7 Å². The minimum Gasteiger partial charge on any atom is -0.372 e. The number of anilines is 2. The van der Waals surface area contributed by atoms with Crippen molar-refractivity contribution < 1.29 is 14.4 Å². The molecule has 3 rings (SSSR count). The Hall–Kier alpha value is -2.93.